The van der Waals surface area contributed by atoms with Gasteiger partial charge in [-0.2, -0.15) is 5.10 Å². The second kappa shape index (κ2) is 7.13. The van der Waals surface area contributed by atoms with Crippen LogP contribution in [0.1, 0.15) is 55.6 Å². The molecule has 0 unspecified atom stereocenters. The fourth-order valence-electron chi connectivity index (χ4n) is 3.90. The highest BCUT2D eigenvalue weighted by Gasteiger charge is 2.29. The maximum atomic E-state index is 14.4. The average Bonchev–Trinajstić information content (AvgIpc) is 3.28. The minimum absolute atomic E-state index is 0.196. The van der Waals surface area contributed by atoms with Gasteiger partial charge in [0.25, 0.3) is 5.91 Å². The number of aromatic nitrogens is 2. The molecule has 4 rings (SSSR count). The number of nitrogens with zero attached hydrogens (tertiary/aromatic N) is 3. The molecule has 3 heterocycles. The summed E-state index contributed by atoms with van der Waals surface area (Å²) in [4.78, 5) is 14.7. The lowest BCUT2D eigenvalue weighted by Gasteiger charge is -2.27. The van der Waals surface area contributed by atoms with E-state index in [4.69, 9.17) is 0 Å². The number of amides is 1. The molecule has 1 amide bonds. The Morgan fingerprint density at radius 1 is 1.21 bits per heavy atom. The Bertz CT molecular complexity index is 1070. The molecular weight excluding hydrogens is 374 g/mol. The van der Waals surface area contributed by atoms with Crippen molar-refractivity contribution in [3.05, 3.63) is 65.5 Å². The third-order valence-electron chi connectivity index (χ3n) is 5.14. The van der Waals surface area contributed by atoms with Crippen molar-refractivity contribution in [2.24, 2.45) is 0 Å². The second-order valence-electron chi connectivity index (χ2n) is 8.49. The molecule has 0 bridgehead atoms. The first kappa shape index (κ1) is 19.4. The molecule has 0 saturated carbocycles. The number of benzene rings is 1. The van der Waals surface area contributed by atoms with Crippen molar-refractivity contribution in [3.63, 3.8) is 0 Å². The maximum Gasteiger partial charge on any atom is 0.255 e. The van der Waals surface area contributed by atoms with Gasteiger partial charge in [-0.3, -0.25) is 4.79 Å². The molecule has 1 saturated heterocycles. The largest absolute Gasteiger partial charge is 0.364 e. The van der Waals surface area contributed by atoms with E-state index in [0.29, 0.717) is 16.6 Å². The Hall–Kier alpha value is -2.96. The van der Waals surface area contributed by atoms with E-state index in [1.165, 1.54) is 12.1 Å². The summed E-state index contributed by atoms with van der Waals surface area (Å²) in [6, 6.07) is 7.12. The van der Waals surface area contributed by atoms with Crippen molar-refractivity contribution in [2.45, 2.75) is 45.2 Å². The molecule has 2 aromatic heterocycles. The quantitative estimate of drug-likeness (QED) is 0.708. The molecule has 1 aromatic carbocycles. The molecule has 1 atom stereocenters. The van der Waals surface area contributed by atoms with Gasteiger partial charge in [0.1, 0.15) is 11.6 Å². The van der Waals surface area contributed by atoms with E-state index in [0.717, 1.165) is 31.1 Å². The zero-order valence-corrected chi connectivity index (χ0v) is 16.7. The molecule has 152 valence electrons. The smallest absolute Gasteiger partial charge is 0.255 e. The minimum Gasteiger partial charge on any atom is -0.364 e. The van der Waals surface area contributed by atoms with Gasteiger partial charge in [0.05, 0.1) is 23.3 Å². The lowest BCUT2D eigenvalue weighted by Crippen LogP contribution is -2.40. The van der Waals surface area contributed by atoms with Gasteiger partial charge in [-0.15, -0.1) is 0 Å². The number of halogens is 2. The van der Waals surface area contributed by atoms with Crippen molar-refractivity contribution in [1.29, 1.82) is 0 Å². The molecule has 1 fully saturated rings. The molecule has 5 nitrogen and oxygen atoms in total. The average molecular weight is 398 g/mol. The molecule has 0 radical (unpaired) electrons. The second-order valence-corrected chi connectivity index (χ2v) is 8.49. The number of fused-ring (bicyclic) bond motifs is 1. The molecule has 1 aliphatic heterocycles. The summed E-state index contributed by atoms with van der Waals surface area (Å²) in [5, 5.41) is 7.22. The van der Waals surface area contributed by atoms with Crippen LogP contribution in [0, 0.1) is 11.6 Å². The van der Waals surface area contributed by atoms with Crippen LogP contribution in [0.2, 0.25) is 0 Å². The van der Waals surface area contributed by atoms with Gasteiger partial charge < -0.3 is 10.2 Å². The predicted octanol–water partition coefficient (Wildman–Crippen LogP) is 4.48. The Morgan fingerprint density at radius 3 is 2.76 bits per heavy atom. The molecule has 1 aliphatic rings. The van der Waals surface area contributed by atoms with E-state index in [1.54, 1.807) is 16.9 Å². The zero-order valence-electron chi connectivity index (χ0n) is 16.7. The van der Waals surface area contributed by atoms with Crippen molar-refractivity contribution in [2.75, 3.05) is 11.4 Å². The number of nitrogens with one attached hydrogen (secondary N) is 1. The van der Waals surface area contributed by atoms with E-state index in [-0.39, 0.29) is 17.5 Å². The first-order valence-electron chi connectivity index (χ1n) is 9.74. The number of carbonyl (C=O) groups is 1. The molecule has 1 N–H and O–H groups in total. The van der Waals surface area contributed by atoms with Crippen molar-refractivity contribution < 1.29 is 13.6 Å². The van der Waals surface area contributed by atoms with Crippen molar-refractivity contribution in [1.82, 2.24) is 14.9 Å². The maximum absolute atomic E-state index is 14.4. The predicted molar refractivity (Wildman–Crippen MR) is 108 cm³/mol. The van der Waals surface area contributed by atoms with E-state index >= 15 is 0 Å². The van der Waals surface area contributed by atoms with Gasteiger partial charge in [-0.25, -0.2) is 13.3 Å². The number of hydrogen-bond donors (Lipinski definition) is 1. The molecule has 29 heavy (non-hydrogen) atoms. The highest BCUT2D eigenvalue weighted by atomic mass is 19.1. The van der Waals surface area contributed by atoms with E-state index < -0.39 is 11.6 Å². The monoisotopic (exact) mass is 398 g/mol. The number of anilines is 1. The Kier molecular flexibility index (Phi) is 4.76. The fourth-order valence-corrected chi connectivity index (χ4v) is 3.90. The molecule has 7 heteroatoms. The summed E-state index contributed by atoms with van der Waals surface area (Å²) in [5.74, 6) is -1.04. The SMILES string of the molecule is CC(C)(C)NC(=O)c1cnn2ccc(N3CCC[C@@H]3c3cc(F)ccc3F)cc12. The number of hydrogen-bond acceptors (Lipinski definition) is 3. The zero-order chi connectivity index (χ0) is 20.8. The summed E-state index contributed by atoms with van der Waals surface area (Å²) in [6.45, 7) is 6.49. The topological polar surface area (TPSA) is 49.6 Å². The van der Waals surface area contributed by atoms with Crippen molar-refractivity contribution in [3.8, 4) is 0 Å². The summed E-state index contributed by atoms with van der Waals surface area (Å²) in [5.41, 5.74) is 2.01. The summed E-state index contributed by atoms with van der Waals surface area (Å²) in [7, 11) is 0. The standard InChI is InChI=1S/C22H24F2N4O/c1-22(2,3)26-21(29)17-13-25-28-10-8-15(12-20(17)28)27-9-4-5-19(27)16-11-14(23)6-7-18(16)24/h6-8,10-13,19H,4-5,9H2,1-3H3,(H,26,29)/t19-/m1/s1. The third kappa shape index (κ3) is 3.81. The number of rotatable bonds is 3. The molecule has 0 spiro atoms. The van der Waals surface area contributed by atoms with Crippen LogP contribution in [0.5, 0.6) is 0 Å². The van der Waals surface area contributed by atoms with Gasteiger partial charge in [-0.05, 0) is 63.9 Å². The van der Waals surface area contributed by atoms with Crippen LogP contribution in [-0.4, -0.2) is 27.6 Å². The van der Waals surface area contributed by atoms with Crippen LogP contribution >= 0.6 is 0 Å². The number of pyridine rings is 1. The van der Waals surface area contributed by atoms with Crippen LogP contribution in [0.15, 0.2) is 42.7 Å². The van der Waals surface area contributed by atoms with Gasteiger partial charge in [0.15, 0.2) is 0 Å². The lowest BCUT2D eigenvalue weighted by molar-refractivity contribution is 0.0921. The van der Waals surface area contributed by atoms with E-state index in [1.807, 2.05) is 32.9 Å². The third-order valence-corrected chi connectivity index (χ3v) is 5.14. The lowest BCUT2D eigenvalue weighted by atomic mass is 10.0. The van der Waals surface area contributed by atoms with E-state index in [2.05, 4.69) is 15.3 Å². The van der Waals surface area contributed by atoms with Gasteiger partial charge in [-0.1, -0.05) is 0 Å². The highest BCUT2D eigenvalue weighted by Crippen LogP contribution is 2.38. The molecular formula is C22H24F2N4O. The minimum atomic E-state index is -0.444. The Morgan fingerprint density at radius 2 is 2.00 bits per heavy atom. The molecule has 0 aliphatic carbocycles. The number of carbonyl (C=O) groups excluding carboxylic acids is 1. The summed E-state index contributed by atoms with van der Waals surface area (Å²) in [6.07, 6.45) is 4.95. The van der Waals surface area contributed by atoms with Crippen LogP contribution in [-0.2, 0) is 0 Å². The van der Waals surface area contributed by atoms with Gasteiger partial charge in [0.2, 0.25) is 0 Å². The fraction of sp³-hybridized carbons (Fsp3) is 0.364. The van der Waals surface area contributed by atoms with Crippen LogP contribution < -0.4 is 10.2 Å². The normalized spacial score (nSPS) is 17.1. The Balaban J connectivity index is 1.71. The highest BCUT2D eigenvalue weighted by molar-refractivity contribution is 6.01. The summed E-state index contributed by atoms with van der Waals surface area (Å²) < 4.78 is 29.8. The van der Waals surface area contributed by atoms with Gasteiger partial charge >= 0.3 is 0 Å². The van der Waals surface area contributed by atoms with Crippen LogP contribution in [0.25, 0.3) is 5.52 Å². The van der Waals surface area contributed by atoms with E-state index in [9.17, 15) is 13.6 Å². The molecule has 3 aromatic rings. The Labute approximate surface area is 168 Å². The first-order chi connectivity index (χ1) is 13.7. The first-order valence-corrected chi connectivity index (χ1v) is 9.74. The summed E-state index contributed by atoms with van der Waals surface area (Å²) >= 11 is 0. The van der Waals surface area contributed by atoms with Crippen LogP contribution in [0.3, 0.4) is 0 Å². The van der Waals surface area contributed by atoms with Crippen molar-refractivity contribution >= 4 is 17.1 Å². The van der Waals surface area contributed by atoms with Gasteiger partial charge in [0, 0.05) is 29.5 Å². The van der Waals surface area contributed by atoms with Crippen LogP contribution in [0.4, 0.5) is 14.5 Å².